The standard InChI is InChI=1S/C18H23FN4O.HI/c1-3-20-18(23-13-15-7-5-6-10-21-15)22-12-14-8-9-17(24-4-2)16(19)11-14;/h5-11H,3-4,12-13H2,1-2H3,(H2,20,22,23);1H. The van der Waals surface area contributed by atoms with Gasteiger partial charge in [0.1, 0.15) is 0 Å². The summed E-state index contributed by atoms with van der Waals surface area (Å²) in [5, 5.41) is 6.37. The number of hydrogen-bond acceptors (Lipinski definition) is 3. The van der Waals surface area contributed by atoms with Gasteiger partial charge in [-0.25, -0.2) is 9.38 Å². The van der Waals surface area contributed by atoms with E-state index >= 15 is 0 Å². The van der Waals surface area contributed by atoms with Crippen LogP contribution in [0.5, 0.6) is 5.75 Å². The maximum atomic E-state index is 13.9. The van der Waals surface area contributed by atoms with Crippen LogP contribution in [0, 0.1) is 5.82 Å². The Kier molecular flexibility index (Phi) is 9.83. The number of benzene rings is 1. The summed E-state index contributed by atoms with van der Waals surface area (Å²) in [4.78, 5) is 8.73. The second-order valence-corrected chi connectivity index (χ2v) is 5.07. The molecule has 0 saturated carbocycles. The molecule has 0 radical (unpaired) electrons. The van der Waals surface area contributed by atoms with Crippen molar-refractivity contribution in [2.75, 3.05) is 13.2 Å². The number of ether oxygens (including phenoxy) is 1. The fraction of sp³-hybridized carbons (Fsp3) is 0.333. The first-order chi connectivity index (χ1) is 11.7. The summed E-state index contributed by atoms with van der Waals surface area (Å²) in [5.74, 6) is 0.568. The molecule has 5 nitrogen and oxygen atoms in total. The third-order valence-electron chi connectivity index (χ3n) is 3.22. The van der Waals surface area contributed by atoms with Crippen molar-refractivity contribution in [1.29, 1.82) is 0 Å². The Bertz CT molecular complexity index is 667. The molecule has 0 amide bonds. The lowest BCUT2D eigenvalue weighted by Crippen LogP contribution is -2.37. The maximum Gasteiger partial charge on any atom is 0.191 e. The molecule has 0 atom stereocenters. The largest absolute Gasteiger partial charge is 0.491 e. The van der Waals surface area contributed by atoms with E-state index in [0.29, 0.717) is 25.7 Å². The average molecular weight is 458 g/mol. The molecule has 2 rings (SSSR count). The highest BCUT2D eigenvalue weighted by Gasteiger charge is 2.04. The topological polar surface area (TPSA) is 58.5 Å². The number of nitrogens with one attached hydrogen (secondary N) is 2. The Labute approximate surface area is 165 Å². The molecular formula is C18H24FIN4O. The molecule has 0 aliphatic rings. The van der Waals surface area contributed by atoms with Gasteiger partial charge in [-0.2, -0.15) is 0 Å². The summed E-state index contributed by atoms with van der Waals surface area (Å²) >= 11 is 0. The van der Waals surface area contributed by atoms with Gasteiger partial charge in [0.2, 0.25) is 0 Å². The minimum absolute atomic E-state index is 0. The van der Waals surface area contributed by atoms with Crippen LogP contribution < -0.4 is 15.4 Å². The SMILES string of the molecule is CCNC(=NCc1ccc(OCC)c(F)c1)NCc1ccccn1.I. The number of guanidine groups is 1. The van der Waals surface area contributed by atoms with Crippen molar-refractivity contribution in [2.45, 2.75) is 26.9 Å². The van der Waals surface area contributed by atoms with E-state index in [0.717, 1.165) is 17.8 Å². The van der Waals surface area contributed by atoms with Crippen LogP contribution in [0.4, 0.5) is 4.39 Å². The van der Waals surface area contributed by atoms with Gasteiger partial charge in [-0.15, -0.1) is 24.0 Å². The van der Waals surface area contributed by atoms with Crippen LogP contribution in [-0.4, -0.2) is 24.1 Å². The minimum atomic E-state index is -0.365. The monoisotopic (exact) mass is 458 g/mol. The highest BCUT2D eigenvalue weighted by atomic mass is 127. The maximum absolute atomic E-state index is 13.9. The highest BCUT2D eigenvalue weighted by Crippen LogP contribution is 2.18. The van der Waals surface area contributed by atoms with E-state index in [1.54, 1.807) is 12.3 Å². The number of pyridine rings is 1. The summed E-state index contributed by atoms with van der Waals surface area (Å²) in [6.07, 6.45) is 1.75. The molecule has 2 aromatic rings. The van der Waals surface area contributed by atoms with Gasteiger partial charge in [0, 0.05) is 12.7 Å². The van der Waals surface area contributed by atoms with Gasteiger partial charge < -0.3 is 15.4 Å². The van der Waals surface area contributed by atoms with Crippen molar-refractivity contribution in [2.24, 2.45) is 4.99 Å². The van der Waals surface area contributed by atoms with Crippen LogP contribution in [0.2, 0.25) is 0 Å². The van der Waals surface area contributed by atoms with Gasteiger partial charge in [0.25, 0.3) is 0 Å². The molecule has 0 unspecified atom stereocenters. The van der Waals surface area contributed by atoms with Crippen LogP contribution in [0.25, 0.3) is 0 Å². The van der Waals surface area contributed by atoms with E-state index in [1.807, 2.05) is 38.1 Å². The number of halogens is 2. The van der Waals surface area contributed by atoms with Crippen LogP contribution in [0.3, 0.4) is 0 Å². The molecule has 0 aliphatic heterocycles. The molecular weight excluding hydrogens is 434 g/mol. The molecule has 0 fully saturated rings. The van der Waals surface area contributed by atoms with Crippen molar-refractivity contribution >= 4 is 29.9 Å². The van der Waals surface area contributed by atoms with E-state index < -0.39 is 0 Å². The molecule has 0 bridgehead atoms. The van der Waals surface area contributed by atoms with Gasteiger partial charge in [0.15, 0.2) is 17.5 Å². The molecule has 0 spiro atoms. The minimum Gasteiger partial charge on any atom is -0.491 e. The molecule has 0 saturated heterocycles. The van der Waals surface area contributed by atoms with E-state index in [9.17, 15) is 4.39 Å². The van der Waals surface area contributed by atoms with Gasteiger partial charge >= 0.3 is 0 Å². The predicted molar refractivity (Wildman–Crippen MR) is 109 cm³/mol. The summed E-state index contributed by atoms with van der Waals surface area (Å²) in [7, 11) is 0. The second kappa shape index (κ2) is 11.6. The van der Waals surface area contributed by atoms with Crippen molar-refractivity contribution < 1.29 is 9.13 Å². The fourth-order valence-corrected chi connectivity index (χ4v) is 2.10. The first kappa shape index (κ1) is 21.1. The number of aromatic nitrogens is 1. The smallest absolute Gasteiger partial charge is 0.191 e. The molecule has 0 aliphatic carbocycles. The van der Waals surface area contributed by atoms with Gasteiger partial charge in [-0.05, 0) is 43.7 Å². The molecule has 1 heterocycles. The van der Waals surface area contributed by atoms with Gasteiger partial charge in [-0.3, -0.25) is 4.98 Å². The zero-order valence-corrected chi connectivity index (χ0v) is 16.8. The van der Waals surface area contributed by atoms with Crippen LogP contribution in [0.15, 0.2) is 47.6 Å². The predicted octanol–water partition coefficient (Wildman–Crippen LogP) is 3.49. The Morgan fingerprint density at radius 2 is 2.04 bits per heavy atom. The zero-order valence-electron chi connectivity index (χ0n) is 14.5. The van der Waals surface area contributed by atoms with Gasteiger partial charge in [0.05, 0.1) is 25.4 Å². The van der Waals surface area contributed by atoms with Crippen molar-refractivity contribution in [3.8, 4) is 5.75 Å². The fourth-order valence-electron chi connectivity index (χ4n) is 2.10. The number of hydrogen-bond donors (Lipinski definition) is 2. The normalized spacial score (nSPS) is 10.8. The lowest BCUT2D eigenvalue weighted by Gasteiger charge is -2.11. The van der Waals surface area contributed by atoms with E-state index in [4.69, 9.17) is 4.74 Å². The van der Waals surface area contributed by atoms with Gasteiger partial charge in [-0.1, -0.05) is 12.1 Å². The number of rotatable bonds is 7. The van der Waals surface area contributed by atoms with E-state index in [-0.39, 0.29) is 35.5 Å². The Morgan fingerprint density at radius 3 is 2.68 bits per heavy atom. The summed E-state index contributed by atoms with van der Waals surface area (Å²) in [6.45, 7) is 5.95. The third-order valence-corrected chi connectivity index (χ3v) is 3.22. The first-order valence-electron chi connectivity index (χ1n) is 8.06. The number of nitrogens with zero attached hydrogens (tertiary/aromatic N) is 2. The summed E-state index contributed by atoms with van der Waals surface area (Å²) in [6, 6.07) is 10.7. The first-order valence-corrected chi connectivity index (χ1v) is 8.06. The quantitative estimate of drug-likeness (QED) is 0.379. The molecule has 1 aromatic carbocycles. The van der Waals surface area contributed by atoms with Crippen molar-refractivity contribution in [1.82, 2.24) is 15.6 Å². The highest BCUT2D eigenvalue weighted by molar-refractivity contribution is 14.0. The number of aliphatic imine (C=N–C) groups is 1. The molecule has 7 heteroatoms. The van der Waals surface area contributed by atoms with Crippen LogP contribution in [0.1, 0.15) is 25.1 Å². The van der Waals surface area contributed by atoms with Crippen molar-refractivity contribution in [3.63, 3.8) is 0 Å². The third kappa shape index (κ3) is 7.25. The average Bonchev–Trinajstić information content (AvgIpc) is 2.60. The van der Waals surface area contributed by atoms with Crippen molar-refractivity contribution in [3.05, 3.63) is 59.7 Å². The molecule has 2 N–H and O–H groups in total. The molecule has 25 heavy (non-hydrogen) atoms. The summed E-state index contributed by atoms with van der Waals surface area (Å²) in [5.41, 5.74) is 1.71. The molecule has 1 aromatic heterocycles. The van der Waals surface area contributed by atoms with Crippen LogP contribution >= 0.6 is 24.0 Å². The van der Waals surface area contributed by atoms with E-state index in [2.05, 4.69) is 20.6 Å². The Balaban J connectivity index is 0.00000312. The van der Waals surface area contributed by atoms with Crippen LogP contribution in [-0.2, 0) is 13.1 Å². The molecule has 136 valence electrons. The second-order valence-electron chi connectivity index (χ2n) is 5.07. The van der Waals surface area contributed by atoms with E-state index in [1.165, 1.54) is 6.07 Å². The lowest BCUT2D eigenvalue weighted by molar-refractivity contribution is 0.321. The Hall–Kier alpha value is -1.90. The summed E-state index contributed by atoms with van der Waals surface area (Å²) < 4.78 is 19.1. The Morgan fingerprint density at radius 1 is 1.20 bits per heavy atom. The lowest BCUT2D eigenvalue weighted by atomic mass is 10.2. The zero-order chi connectivity index (χ0) is 17.2.